The van der Waals surface area contributed by atoms with Gasteiger partial charge in [0.15, 0.2) is 4.90 Å². The van der Waals surface area contributed by atoms with Crippen molar-refractivity contribution in [3.05, 3.63) is 85.0 Å². The van der Waals surface area contributed by atoms with Crippen LogP contribution in [0.1, 0.15) is 0 Å². The summed E-state index contributed by atoms with van der Waals surface area (Å²) in [7, 11) is -10.4. The Morgan fingerprint density at radius 2 is 0.921 bits per heavy atom. The molecular weight excluding hydrogens is 580 g/mol. The van der Waals surface area contributed by atoms with Crippen molar-refractivity contribution in [2.75, 3.05) is 0 Å². The Morgan fingerprint density at radius 1 is 0.526 bits per heavy atom. The van der Waals surface area contributed by atoms with E-state index < -0.39 is 93.7 Å². The zero-order chi connectivity index (χ0) is 29.9. The van der Waals surface area contributed by atoms with Crippen molar-refractivity contribution in [2.45, 2.75) is 9.79 Å². The highest BCUT2D eigenvalue weighted by atomic mass is 32.2. The number of rotatable bonds is 8. The van der Waals surface area contributed by atoms with Gasteiger partial charge in [-0.2, -0.15) is 16.8 Å². The third-order valence-corrected chi connectivity index (χ3v) is 5.65. The van der Waals surface area contributed by atoms with Crippen LogP contribution in [0, 0.1) is 60.7 Å². The van der Waals surface area contributed by atoms with Crippen LogP contribution in [0.5, 0.6) is 0 Å². The maximum atomic E-state index is 10.9. The van der Waals surface area contributed by atoms with Crippen LogP contribution in [0.3, 0.4) is 0 Å². The minimum absolute atomic E-state index is 0.204. The molecular formula is C12H6N6O18S2. The summed E-state index contributed by atoms with van der Waals surface area (Å²) in [6, 6.07) is 1.14. The minimum atomic E-state index is -5.30. The Morgan fingerprint density at radius 3 is 1.18 bits per heavy atom. The molecule has 0 fully saturated rings. The molecule has 2 N–H and O–H groups in total. The van der Waals surface area contributed by atoms with E-state index in [9.17, 15) is 77.5 Å². The Kier molecular flexibility index (Phi) is 8.67. The van der Waals surface area contributed by atoms with Crippen molar-refractivity contribution >= 4 is 54.4 Å². The highest BCUT2D eigenvalue weighted by Gasteiger charge is 2.42. The first kappa shape index (κ1) is 30.7. The van der Waals surface area contributed by atoms with Gasteiger partial charge in [-0.3, -0.25) is 69.8 Å². The number of nitro benzene ring substituents is 6. The second-order valence-electron chi connectivity index (χ2n) is 6.09. The monoisotopic (exact) mass is 586 g/mol. The molecule has 2 aromatic carbocycles. The lowest BCUT2D eigenvalue weighted by Gasteiger charge is -2.01. The summed E-state index contributed by atoms with van der Waals surface area (Å²) >= 11 is 0. The van der Waals surface area contributed by atoms with E-state index in [0.29, 0.717) is 12.1 Å². The summed E-state index contributed by atoms with van der Waals surface area (Å²) in [4.78, 5) is 52.3. The highest BCUT2D eigenvalue weighted by Crippen LogP contribution is 2.40. The molecule has 0 saturated heterocycles. The zero-order valence-electron chi connectivity index (χ0n) is 17.2. The first-order valence-corrected chi connectivity index (χ1v) is 11.2. The van der Waals surface area contributed by atoms with Gasteiger partial charge in [0, 0.05) is 6.07 Å². The van der Waals surface area contributed by atoms with Crippen LogP contribution in [0.4, 0.5) is 34.1 Å². The van der Waals surface area contributed by atoms with Crippen LogP contribution in [-0.4, -0.2) is 55.5 Å². The predicted molar refractivity (Wildman–Crippen MR) is 112 cm³/mol. The Hall–Kier alpha value is -5.34. The smallest absolute Gasteiger partial charge is 0.282 e. The van der Waals surface area contributed by atoms with Crippen LogP contribution in [0.25, 0.3) is 0 Å². The second kappa shape index (κ2) is 10.7. The van der Waals surface area contributed by atoms with E-state index >= 15 is 0 Å². The van der Waals surface area contributed by atoms with Gasteiger partial charge in [0.25, 0.3) is 5.69 Å². The number of non-ortho nitro benzene ring substituents is 1. The van der Waals surface area contributed by atoms with E-state index in [0.717, 1.165) is 0 Å². The second-order valence-corrected chi connectivity index (χ2v) is 8.83. The van der Waals surface area contributed by atoms with Crippen molar-refractivity contribution in [1.29, 1.82) is 0 Å². The molecule has 0 bridgehead atoms. The maximum absolute atomic E-state index is 10.9. The molecule has 0 saturated carbocycles. The third kappa shape index (κ3) is 6.66. The van der Waals surface area contributed by atoms with Gasteiger partial charge in [-0.1, -0.05) is 0 Å². The van der Waals surface area contributed by atoms with E-state index in [2.05, 4.69) is 0 Å². The number of benzene rings is 2. The summed E-state index contributed by atoms with van der Waals surface area (Å²) < 4.78 is 61.1. The van der Waals surface area contributed by atoms with Crippen LogP contribution in [0.2, 0.25) is 0 Å². The Bertz CT molecular complexity index is 1600. The standard InChI is InChI=1S/2C6H3N3O9S/c10-7(11)3-1-4(8(12)13)6(19(16,17)18)5(2-3)9(14)15;10-7(11)3-1-2-4(19(16,17)18)6(9(14)15)5(3)8(12)13/h2*1-2H,(H,16,17,18). The average Bonchev–Trinajstić information content (AvgIpc) is 2.75. The first-order chi connectivity index (χ1) is 17.1. The normalized spacial score (nSPS) is 11.0. The van der Waals surface area contributed by atoms with Gasteiger partial charge >= 0.3 is 48.7 Å². The average molecular weight is 586 g/mol. The lowest BCUT2D eigenvalue weighted by molar-refractivity contribution is -0.442. The quantitative estimate of drug-likeness (QED) is 0.250. The number of nitrogens with zero attached hydrogens (tertiary/aromatic N) is 6. The molecule has 0 amide bonds. The molecule has 38 heavy (non-hydrogen) atoms. The molecule has 24 nitrogen and oxygen atoms in total. The van der Waals surface area contributed by atoms with Crippen molar-refractivity contribution in [1.82, 2.24) is 0 Å². The van der Waals surface area contributed by atoms with Crippen LogP contribution >= 0.6 is 0 Å². The third-order valence-electron chi connectivity index (χ3n) is 3.83. The predicted octanol–water partition coefficient (Wildman–Crippen LogP) is 1.32. The SMILES string of the molecule is O=[N+]([O-])c1cc([N+](=O)[O-])c(S(=O)(=O)O)c([N+](=O)[O-])c1.O=[N+]([O-])c1ccc(S(=O)(=O)O)c([N+](=O)[O-])c1[N+](=O)[O-]. The molecule has 0 spiro atoms. The fourth-order valence-electron chi connectivity index (χ4n) is 2.49. The maximum Gasteiger partial charge on any atom is 0.423 e. The molecule has 0 radical (unpaired) electrons. The molecule has 2 aromatic rings. The lowest BCUT2D eigenvalue weighted by Crippen LogP contribution is -2.08. The number of hydrogen-bond acceptors (Lipinski definition) is 16. The number of hydrogen-bond donors (Lipinski definition) is 2. The van der Waals surface area contributed by atoms with Crippen LogP contribution in [0.15, 0.2) is 34.1 Å². The minimum Gasteiger partial charge on any atom is -0.282 e. The van der Waals surface area contributed by atoms with Gasteiger partial charge in [-0.15, -0.1) is 0 Å². The Balaban J connectivity index is 0.000000380. The molecule has 0 aromatic heterocycles. The molecule has 0 aliphatic rings. The topological polar surface area (TPSA) is 368 Å². The van der Waals surface area contributed by atoms with Crippen molar-refractivity contribution in [3.63, 3.8) is 0 Å². The van der Waals surface area contributed by atoms with Crippen LogP contribution in [-0.2, 0) is 20.2 Å². The molecule has 0 aliphatic heterocycles. The van der Waals surface area contributed by atoms with Gasteiger partial charge in [-0.25, -0.2) is 0 Å². The van der Waals surface area contributed by atoms with Gasteiger partial charge < -0.3 is 0 Å². The van der Waals surface area contributed by atoms with E-state index in [1.807, 2.05) is 0 Å². The van der Waals surface area contributed by atoms with Gasteiger partial charge in [0.05, 0.1) is 41.7 Å². The van der Waals surface area contributed by atoms with Crippen molar-refractivity contribution in [3.8, 4) is 0 Å². The molecule has 0 unspecified atom stereocenters. The summed E-state index contributed by atoms with van der Waals surface area (Å²) in [5.74, 6) is 0. The Labute approximate surface area is 205 Å². The first-order valence-electron chi connectivity index (χ1n) is 8.29. The van der Waals surface area contributed by atoms with Crippen molar-refractivity contribution < 1.29 is 55.5 Å². The van der Waals surface area contributed by atoms with E-state index in [1.165, 1.54) is 0 Å². The van der Waals surface area contributed by atoms with Crippen LogP contribution < -0.4 is 0 Å². The van der Waals surface area contributed by atoms with E-state index in [-0.39, 0.29) is 12.1 Å². The molecule has 0 atom stereocenters. The molecule has 0 heterocycles. The highest BCUT2D eigenvalue weighted by molar-refractivity contribution is 7.86. The van der Waals surface area contributed by atoms with E-state index in [1.54, 1.807) is 0 Å². The largest absolute Gasteiger partial charge is 0.423 e. The molecule has 26 heteroatoms. The summed E-state index contributed by atoms with van der Waals surface area (Å²) in [6.45, 7) is 0. The molecule has 204 valence electrons. The fourth-order valence-corrected chi connectivity index (χ4v) is 3.94. The molecule has 2 rings (SSSR count). The summed E-state index contributed by atoms with van der Waals surface area (Å²) in [6.07, 6.45) is 0. The van der Waals surface area contributed by atoms with Crippen molar-refractivity contribution in [2.24, 2.45) is 0 Å². The van der Waals surface area contributed by atoms with Gasteiger partial charge in [0.1, 0.15) is 0 Å². The number of nitro groups is 6. The fraction of sp³-hybridized carbons (Fsp3) is 0. The zero-order valence-corrected chi connectivity index (χ0v) is 18.9. The van der Waals surface area contributed by atoms with E-state index in [4.69, 9.17) is 9.11 Å². The summed E-state index contributed by atoms with van der Waals surface area (Å²) in [5.41, 5.74) is -8.51. The molecule has 0 aliphatic carbocycles. The van der Waals surface area contributed by atoms with Gasteiger partial charge in [-0.05, 0) is 6.07 Å². The lowest BCUT2D eigenvalue weighted by atomic mass is 10.2. The van der Waals surface area contributed by atoms with Gasteiger partial charge in [0.2, 0.25) is 4.90 Å². The summed E-state index contributed by atoms with van der Waals surface area (Å²) in [5, 5.41) is 63.5.